The van der Waals surface area contributed by atoms with E-state index >= 15 is 0 Å². The highest BCUT2D eigenvalue weighted by Crippen LogP contribution is 2.40. The van der Waals surface area contributed by atoms with Gasteiger partial charge in [0, 0.05) is 39.1 Å². The van der Waals surface area contributed by atoms with Crippen molar-refractivity contribution in [3.63, 3.8) is 0 Å². The summed E-state index contributed by atoms with van der Waals surface area (Å²) in [6.45, 7) is 6.36. The van der Waals surface area contributed by atoms with Gasteiger partial charge in [-0.25, -0.2) is 9.37 Å². The zero-order valence-corrected chi connectivity index (χ0v) is 18.8. The summed E-state index contributed by atoms with van der Waals surface area (Å²) in [5.41, 5.74) is 2.13. The van der Waals surface area contributed by atoms with E-state index in [1.54, 1.807) is 12.1 Å². The number of piperazine rings is 1. The van der Waals surface area contributed by atoms with Gasteiger partial charge in [-0.2, -0.15) is 4.52 Å². The van der Waals surface area contributed by atoms with Crippen LogP contribution in [0.15, 0.2) is 54.6 Å². The minimum absolute atomic E-state index is 0.0955. The van der Waals surface area contributed by atoms with Crippen molar-refractivity contribution in [1.29, 1.82) is 0 Å². The molecular weight excluding hydrogens is 425 g/mol. The topological polar surface area (TPSA) is 56.9 Å². The first-order chi connectivity index (χ1) is 15.6. The van der Waals surface area contributed by atoms with E-state index in [9.17, 15) is 9.50 Å². The number of benzene rings is 2. The maximum atomic E-state index is 14.1. The van der Waals surface area contributed by atoms with Crippen LogP contribution in [0.2, 0.25) is 0 Å². The summed E-state index contributed by atoms with van der Waals surface area (Å²) in [6, 6.07) is 16.9. The predicted octanol–water partition coefficient (Wildman–Crippen LogP) is 4.11. The summed E-state index contributed by atoms with van der Waals surface area (Å²) in [6.07, 6.45) is 0.708. The zero-order chi connectivity index (χ0) is 22.1. The van der Waals surface area contributed by atoms with Gasteiger partial charge in [0.05, 0.1) is 10.9 Å². The first kappa shape index (κ1) is 21.1. The van der Waals surface area contributed by atoms with E-state index in [1.807, 2.05) is 19.1 Å². The zero-order valence-electron chi connectivity index (χ0n) is 18.0. The number of aryl methyl sites for hydroxylation is 1. The highest BCUT2D eigenvalue weighted by Gasteiger charge is 2.32. The van der Waals surface area contributed by atoms with E-state index in [1.165, 1.54) is 27.5 Å². The Morgan fingerprint density at radius 1 is 1.06 bits per heavy atom. The standard InChI is InChI=1S/C24H26FN5OS/c1-2-20-26-24-30(27-20)23(31)22(32-24)21(18-9-6-10-19(25)15-18)29-13-11-28(12-14-29)16-17-7-4-3-5-8-17/h3-10,15,21,31H,2,11-14,16H2,1H3. The van der Waals surface area contributed by atoms with Crippen molar-refractivity contribution in [2.75, 3.05) is 26.2 Å². The van der Waals surface area contributed by atoms with E-state index < -0.39 is 0 Å². The average Bonchev–Trinajstić information content (AvgIpc) is 3.35. The second-order valence-corrected chi connectivity index (χ2v) is 9.13. The molecule has 0 aliphatic carbocycles. The summed E-state index contributed by atoms with van der Waals surface area (Å²) in [4.78, 5) is 10.7. The molecule has 1 saturated heterocycles. The van der Waals surface area contributed by atoms with Crippen LogP contribution in [0, 0.1) is 5.82 Å². The lowest BCUT2D eigenvalue weighted by atomic mass is 10.0. The summed E-state index contributed by atoms with van der Waals surface area (Å²) >= 11 is 1.43. The lowest BCUT2D eigenvalue weighted by Gasteiger charge is -2.39. The van der Waals surface area contributed by atoms with Gasteiger partial charge in [0.2, 0.25) is 10.8 Å². The van der Waals surface area contributed by atoms with Gasteiger partial charge in [0.25, 0.3) is 0 Å². The fraction of sp³-hybridized carbons (Fsp3) is 0.333. The summed E-state index contributed by atoms with van der Waals surface area (Å²) < 4.78 is 15.7. The number of hydrogen-bond donors (Lipinski definition) is 1. The summed E-state index contributed by atoms with van der Waals surface area (Å²) in [5, 5.41) is 15.4. The van der Waals surface area contributed by atoms with Crippen molar-refractivity contribution in [2.45, 2.75) is 25.9 Å². The van der Waals surface area contributed by atoms with Gasteiger partial charge in [-0.1, -0.05) is 60.7 Å². The van der Waals surface area contributed by atoms with Gasteiger partial charge >= 0.3 is 0 Å². The van der Waals surface area contributed by atoms with E-state index in [-0.39, 0.29) is 17.7 Å². The van der Waals surface area contributed by atoms with Crippen molar-refractivity contribution in [3.05, 3.63) is 82.2 Å². The number of halogens is 1. The number of fused-ring (bicyclic) bond motifs is 1. The average molecular weight is 452 g/mol. The van der Waals surface area contributed by atoms with Crippen molar-refractivity contribution in [3.8, 4) is 5.88 Å². The van der Waals surface area contributed by atoms with Gasteiger partial charge in [0.15, 0.2) is 5.82 Å². The first-order valence-corrected chi connectivity index (χ1v) is 11.8. The SMILES string of the molecule is CCc1nc2sc(C(c3cccc(F)c3)N3CCN(Cc4ccccc4)CC3)c(O)n2n1. The van der Waals surface area contributed by atoms with Crippen LogP contribution in [0.5, 0.6) is 5.88 Å². The van der Waals surface area contributed by atoms with Gasteiger partial charge < -0.3 is 5.11 Å². The Labute approximate surface area is 190 Å². The minimum atomic E-state index is -0.276. The fourth-order valence-electron chi connectivity index (χ4n) is 4.34. The Morgan fingerprint density at radius 2 is 1.84 bits per heavy atom. The van der Waals surface area contributed by atoms with Crippen LogP contribution >= 0.6 is 11.3 Å². The Bertz CT molecular complexity index is 1200. The maximum Gasteiger partial charge on any atom is 0.230 e. The van der Waals surface area contributed by atoms with Crippen LogP contribution in [-0.2, 0) is 13.0 Å². The molecule has 1 atom stereocenters. The molecule has 8 heteroatoms. The number of nitrogens with zero attached hydrogens (tertiary/aromatic N) is 5. The third kappa shape index (κ3) is 4.13. The van der Waals surface area contributed by atoms with E-state index in [0.29, 0.717) is 17.2 Å². The normalized spacial score (nSPS) is 16.6. The van der Waals surface area contributed by atoms with Crippen molar-refractivity contribution < 1.29 is 9.50 Å². The number of rotatable bonds is 6. The number of aromatic nitrogens is 3. The van der Waals surface area contributed by atoms with Gasteiger partial charge in [-0.15, -0.1) is 5.10 Å². The molecule has 0 spiro atoms. The van der Waals surface area contributed by atoms with E-state index in [0.717, 1.165) is 43.2 Å². The number of aromatic hydroxyl groups is 1. The Hall–Kier alpha value is -2.81. The molecule has 0 bridgehead atoms. The van der Waals surface area contributed by atoms with Crippen LogP contribution < -0.4 is 0 Å². The monoisotopic (exact) mass is 451 g/mol. The first-order valence-electron chi connectivity index (χ1n) is 11.0. The molecule has 4 aromatic rings. The third-order valence-corrected chi connectivity index (χ3v) is 7.07. The van der Waals surface area contributed by atoms with Gasteiger partial charge in [0.1, 0.15) is 5.82 Å². The molecule has 0 radical (unpaired) electrons. The molecule has 2 aromatic heterocycles. The summed E-state index contributed by atoms with van der Waals surface area (Å²) in [5.74, 6) is 0.524. The molecule has 1 unspecified atom stereocenters. The largest absolute Gasteiger partial charge is 0.492 e. The van der Waals surface area contributed by atoms with Crippen LogP contribution in [0.4, 0.5) is 4.39 Å². The number of thiazole rings is 1. The smallest absolute Gasteiger partial charge is 0.230 e. The molecule has 1 aliphatic rings. The van der Waals surface area contributed by atoms with Gasteiger partial charge in [-0.05, 0) is 23.3 Å². The lowest BCUT2D eigenvalue weighted by Crippen LogP contribution is -2.47. The Balaban J connectivity index is 1.43. The molecule has 3 heterocycles. The van der Waals surface area contributed by atoms with Crippen molar-refractivity contribution in [1.82, 2.24) is 24.4 Å². The maximum absolute atomic E-state index is 14.1. The van der Waals surface area contributed by atoms with Crippen molar-refractivity contribution in [2.24, 2.45) is 0 Å². The molecule has 166 valence electrons. The molecule has 32 heavy (non-hydrogen) atoms. The van der Waals surface area contributed by atoms with E-state index in [4.69, 9.17) is 0 Å². The fourth-order valence-corrected chi connectivity index (χ4v) is 5.48. The van der Waals surface area contributed by atoms with E-state index in [2.05, 4.69) is 44.1 Å². The quantitative estimate of drug-likeness (QED) is 0.478. The van der Waals surface area contributed by atoms with Crippen molar-refractivity contribution >= 4 is 16.3 Å². The summed E-state index contributed by atoms with van der Waals surface area (Å²) in [7, 11) is 0. The molecule has 2 aromatic carbocycles. The van der Waals surface area contributed by atoms with Crippen LogP contribution in [0.25, 0.3) is 4.96 Å². The molecule has 1 N–H and O–H groups in total. The molecule has 1 fully saturated rings. The highest BCUT2D eigenvalue weighted by atomic mass is 32.1. The molecule has 0 saturated carbocycles. The second-order valence-electron chi connectivity index (χ2n) is 8.12. The molecule has 6 nitrogen and oxygen atoms in total. The Kier molecular flexibility index (Phi) is 5.91. The highest BCUT2D eigenvalue weighted by molar-refractivity contribution is 7.17. The molecule has 1 aliphatic heterocycles. The minimum Gasteiger partial charge on any atom is -0.492 e. The lowest BCUT2D eigenvalue weighted by molar-refractivity contribution is 0.105. The van der Waals surface area contributed by atoms with Crippen LogP contribution in [0.1, 0.15) is 34.8 Å². The predicted molar refractivity (Wildman–Crippen MR) is 123 cm³/mol. The molecular formula is C24H26FN5OS. The van der Waals surface area contributed by atoms with Gasteiger partial charge in [-0.3, -0.25) is 9.80 Å². The third-order valence-electron chi connectivity index (χ3n) is 5.99. The van der Waals surface area contributed by atoms with Crippen LogP contribution in [0.3, 0.4) is 0 Å². The van der Waals surface area contributed by atoms with Crippen LogP contribution in [-0.4, -0.2) is 55.7 Å². The second kappa shape index (κ2) is 8.97. The number of hydrogen-bond acceptors (Lipinski definition) is 6. The molecule has 5 rings (SSSR count). The Morgan fingerprint density at radius 3 is 2.53 bits per heavy atom. The molecule has 0 amide bonds.